The smallest absolute Gasteiger partial charge is 0.267 e. The summed E-state index contributed by atoms with van der Waals surface area (Å²) in [6.07, 6.45) is -0.850. The Morgan fingerprint density at radius 1 is 0.885 bits per heavy atom. The van der Waals surface area contributed by atoms with Gasteiger partial charge in [-0.15, -0.1) is 0 Å². The lowest BCUT2D eigenvalue weighted by atomic mass is 9.79. The average molecular weight is 358 g/mol. The van der Waals surface area contributed by atoms with E-state index in [1.807, 2.05) is 0 Å². The van der Waals surface area contributed by atoms with E-state index in [2.05, 4.69) is 0 Å². The largest absolute Gasteiger partial charge is 0.509 e. The third-order valence-corrected chi connectivity index (χ3v) is 4.81. The lowest BCUT2D eigenvalue weighted by Crippen LogP contribution is -2.48. The monoisotopic (exact) mass is 358 g/mol. The standard InChI is InChI=1S/C18H14O8/c19-6-2-10(22)13-11(3-6)25-18-16(23)15(13)14-12(26-18)4-9(21)8-1-7(20)5-24-17(8)14/h1-4,15-16,18-23H,5H2. The molecule has 2 bridgehead atoms. The fourth-order valence-corrected chi connectivity index (χ4v) is 3.76. The van der Waals surface area contributed by atoms with Crippen molar-refractivity contribution in [1.82, 2.24) is 0 Å². The van der Waals surface area contributed by atoms with E-state index in [0.29, 0.717) is 5.56 Å². The van der Waals surface area contributed by atoms with Crippen LogP contribution in [-0.4, -0.2) is 44.5 Å². The van der Waals surface area contributed by atoms with Crippen molar-refractivity contribution in [2.24, 2.45) is 0 Å². The number of aliphatic hydroxyl groups excluding tert-OH is 2. The fourth-order valence-electron chi connectivity index (χ4n) is 3.76. The minimum atomic E-state index is -1.15. The lowest BCUT2D eigenvalue weighted by molar-refractivity contribution is -0.115. The zero-order valence-corrected chi connectivity index (χ0v) is 13.2. The number of hydrogen-bond acceptors (Lipinski definition) is 8. The molecule has 26 heavy (non-hydrogen) atoms. The Bertz CT molecular complexity index is 980. The van der Waals surface area contributed by atoms with Crippen molar-refractivity contribution in [2.45, 2.75) is 18.3 Å². The normalized spacial score (nSPS) is 24.8. The van der Waals surface area contributed by atoms with E-state index in [4.69, 9.17) is 14.2 Å². The Kier molecular flexibility index (Phi) is 2.83. The van der Waals surface area contributed by atoms with E-state index in [0.717, 1.165) is 6.07 Å². The van der Waals surface area contributed by atoms with Crippen LogP contribution < -0.4 is 14.2 Å². The lowest BCUT2D eigenvalue weighted by Gasteiger charge is -2.42. The Morgan fingerprint density at radius 3 is 2.38 bits per heavy atom. The van der Waals surface area contributed by atoms with Crippen molar-refractivity contribution in [3.63, 3.8) is 0 Å². The van der Waals surface area contributed by atoms with Crippen molar-refractivity contribution in [2.75, 3.05) is 6.61 Å². The van der Waals surface area contributed by atoms with Crippen molar-refractivity contribution in [3.8, 4) is 34.5 Å². The first kappa shape index (κ1) is 15.0. The molecule has 3 aliphatic heterocycles. The summed E-state index contributed by atoms with van der Waals surface area (Å²) in [5, 5.41) is 50.7. The van der Waals surface area contributed by atoms with Crippen LogP contribution in [0.5, 0.6) is 34.5 Å². The average Bonchev–Trinajstić information content (AvgIpc) is 2.56. The van der Waals surface area contributed by atoms with Gasteiger partial charge in [0.2, 0.25) is 0 Å². The predicted molar refractivity (Wildman–Crippen MR) is 86.9 cm³/mol. The molecule has 3 atom stereocenters. The van der Waals surface area contributed by atoms with Gasteiger partial charge in [0, 0.05) is 29.3 Å². The van der Waals surface area contributed by atoms with Gasteiger partial charge in [0.05, 0.1) is 11.5 Å². The highest BCUT2D eigenvalue weighted by Gasteiger charge is 2.49. The van der Waals surface area contributed by atoms with Crippen LogP contribution in [0.4, 0.5) is 0 Å². The van der Waals surface area contributed by atoms with Crippen LogP contribution in [0.3, 0.4) is 0 Å². The molecular weight excluding hydrogens is 344 g/mol. The molecule has 5 N–H and O–H groups in total. The predicted octanol–water partition coefficient (Wildman–Crippen LogP) is 1.70. The van der Waals surface area contributed by atoms with Gasteiger partial charge < -0.3 is 39.7 Å². The van der Waals surface area contributed by atoms with Gasteiger partial charge >= 0.3 is 0 Å². The number of phenols is 3. The van der Waals surface area contributed by atoms with Crippen molar-refractivity contribution < 1.29 is 39.7 Å². The Balaban J connectivity index is 1.81. The Morgan fingerprint density at radius 2 is 1.62 bits per heavy atom. The van der Waals surface area contributed by atoms with Gasteiger partial charge in [-0.1, -0.05) is 0 Å². The molecule has 3 aliphatic rings. The highest BCUT2D eigenvalue weighted by atomic mass is 16.7. The van der Waals surface area contributed by atoms with Gasteiger partial charge in [0.15, 0.2) is 0 Å². The van der Waals surface area contributed by atoms with Crippen molar-refractivity contribution >= 4 is 6.08 Å². The van der Waals surface area contributed by atoms with Crippen LogP contribution in [0.15, 0.2) is 24.0 Å². The molecule has 0 saturated carbocycles. The summed E-state index contributed by atoms with van der Waals surface area (Å²) >= 11 is 0. The first-order valence-corrected chi connectivity index (χ1v) is 7.93. The van der Waals surface area contributed by atoms with Crippen LogP contribution >= 0.6 is 0 Å². The molecule has 3 unspecified atom stereocenters. The number of aliphatic hydroxyl groups is 2. The Labute approximate surface area is 146 Å². The SMILES string of the molecule is OC1=Cc2c(O)cc3c(c2OC1)C1c2c(O)cc(O)cc2OC(O3)C1O. The van der Waals surface area contributed by atoms with E-state index in [9.17, 15) is 25.5 Å². The van der Waals surface area contributed by atoms with Gasteiger partial charge in [0.25, 0.3) is 6.29 Å². The zero-order chi connectivity index (χ0) is 18.2. The molecule has 2 aromatic rings. The molecule has 0 saturated heterocycles. The summed E-state index contributed by atoms with van der Waals surface area (Å²) in [6.45, 7) is -0.0972. The van der Waals surface area contributed by atoms with E-state index < -0.39 is 18.3 Å². The van der Waals surface area contributed by atoms with Gasteiger partial charge in [-0.25, -0.2) is 0 Å². The zero-order valence-electron chi connectivity index (χ0n) is 13.2. The number of phenolic OH excluding ortho intramolecular Hbond substituents is 3. The van der Waals surface area contributed by atoms with E-state index >= 15 is 0 Å². The maximum Gasteiger partial charge on any atom is 0.267 e. The summed E-state index contributed by atoms with van der Waals surface area (Å²) in [5.74, 6) is -0.729. The molecule has 0 amide bonds. The molecule has 5 rings (SSSR count). The van der Waals surface area contributed by atoms with Crippen molar-refractivity contribution in [3.05, 3.63) is 40.6 Å². The molecule has 0 spiro atoms. The number of fused-ring (bicyclic) bond motifs is 8. The van der Waals surface area contributed by atoms with Gasteiger partial charge in [-0.05, 0) is 6.08 Å². The molecule has 0 aliphatic carbocycles. The third-order valence-electron chi connectivity index (χ3n) is 4.81. The van der Waals surface area contributed by atoms with Crippen LogP contribution in [0.25, 0.3) is 6.08 Å². The molecule has 8 heteroatoms. The molecule has 0 radical (unpaired) electrons. The number of aromatic hydroxyl groups is 3. The first-order valence-electron chi connectivity index (χ1n) is 7.93. The summed E-state index contributed by atoms with van der Waals surface area (Å²) in [5.41, 5.74) is 0.968. The third kappa shape index (κ3) is 1.87. The molecule has 134 valence electrons. The molecule has 0 aromatic heterocycles. The summed E-state index contributed by atoms with van der Waals surface area (Å²) in [7, 11) is 0. The second-order valence-corrected chi connectivity index (χ2v) is 6.42. The quantitative estimate of drug-likeness (QED) is 0.481. The maximum atomic E-state index is 10.7. The van der Waals surface area contributed by atoms with E-state index in [-0.39, 0.29) is 58.0 Å². The maximum absolute atomic E-state index is 10.7. The van der Waals surface area contributed by atoms with Crippen LogP contribution in [0.1, 0.15) is 22.6 Å². The molecular formula is C18H14O8. The van der Waals surface area contributed by atoms with E-state index in [1.54, 1.807) is 0 Å². The minimum Gasteiger partial charge on any atom is -0.509 e. The summed E-state index contributed by atoms with van der Waals surface area (Å²) in [4.78, 5) is 0. The number of rotatable bonds is 0. The fraction of sp³-hybridized carbons (Fsp3) is 0.222. The van der Waals surface area contributed by atoms with Crippen LogP contribution in [0.2, 0.25) is 0 Å². The topological polar surface area (TPSA) is 129 Å². The van der Waals surface area contributed by atoms with Gasteiger partial charge in [0.1, 0.15) is 53.0 Å². The molecule has 2 aromatic carbocycles. The van der Waals surface area contributed by atoms with Crippen LogP contribution in [0, 0.1) is 0 Å². The first-order chi connectivity index (χ1) is 12.4. The molecule has 0 fully saturated rings. The number of hydrogen-bond donors (Lipinski definition) is 5. The highest BCUT2D eigenvalue weighted by Crippen LogP contribution is 2.56. The molecule has 8 nitrogen and oxygen atoms in total. The van der Waals surface area contributed by atoms with Crippen LogP contribution in [-0.2, 0) is 0 Å². The number of benzene rings is 2. The van der Waals surface area contributed by atoms with Gasteiger partial charge in [-0.2, -0.15) is 0 Å². The van der Waals surface area contributed by atoms with E-state index in [1.165, 1.54) is 18.2 Å². The Hall–Kier alpha value is -3.26. The summed E-state index contributed by atoms with van der Waals surface area (Å²) in [6, 6.07) is 3.84. The van der Waals surface area contributed by atoms with Crippen molar-refractivity contribution in [1.29, 1.82) is 0 Å². The van der Waals surface area contributed by atoms with Gasteiger partial charge in [-0.3, -0.25) is 0 Å². The molecule has 3 heterocycles. The minimum absolute atomic E-state index is 0.0527. The second-order valence-electron chi connectivity index (χ2n) is 6.42. The number of ether oxygens (including phenoxy) is 3. The second kappa shape index (κ2) is 4.89. The highest BCUT2D eigenvalue weighted by molar-refractivity contribution is 5.74. The summed E-state index contributed by atoms with van der Waals surface area (Å²) < 4.78 is 16.8.